The van der Waals surface area contributed by atoms with Crippen molar-refractivity contribution in [2.45, 2.75) is 13.0 Å². The number of thiazole rings is 1. The number of carbonyl (C=O) groups is 1. The normalized spacial score (nSPS) is 10.7. The first-order valence-corrected chi connectivity index (χ1v) is 4.76. The van der Waals surface area contributed by atoms with Crippen LogP contribution < -0.4 is 5.73 Å². The zero-order valence-electron chi connectivity index (χ0n) is 7.78. The summed E-state index contributed by atoms with van der Waals surface area (Å²) in [6.07, 6.45) is 2.04. The van der Waals surface area contributed by atoms with Gasteiger partial charge in [-0.1, -0.05) is 0 Å². The van der Waals surface area contributed by atoms with Crippen LogP contribution in [0, 0.1) is 0 Å². The molecule has 0 aliphatic heterocycles. The first kappa shape index (κ1) is 10.1. The molecule has 0 saturated heterocycles. The summed E-state index contributed by atoms with van der Waals surface area (Å²) in [7, 11) is 3.99. The van der Waals surface area contributed by atoms with E-state index in [4.69, 9.17) is 5.73 Å². The lowest BCUT2D eigenvalue weighted by molar-refractivity contribution is -0.117. The lowest BCUT2D eigenvalue weighted by Crippen LogP contribution is -2.13. The topological polar surface area (TPSA) is 59.2 Å². The largest absolute Gasteiger partial charge is 0.369 e. The summed E-state index contributed by atoms with van der Waals surface area (Å²) in [6.45, 7) is 0.858. The van der Waals surface area contributed by atoms with Gasteiger partial charge in [-0.2, -0.15) is 0 Å². The van der Waals surface area contributed by atoms with E-state index in [-0.39, 0.29) is 12.3 Å². The van der Waals surface area contributed by atoms with E-state index in [1.54, 1.807) is 6.20 Å². The molecule has 2 N–H and O–H groups in total. The van der Waals surface area contributed by atoms with Gasteiger partial charge in [-0.05, 0) is 14.1 Å². The highest BCUT2D eigenvalue weighted by atomic mass is 32.1. The average molecular weight is 199 g/mol. The molecule has 0 radical (unpaired) electrons. The van der Waals surface area contributed by atoms with E-state index in [9.17, 15) is 4.79 Å². The van der Waals surface area contributed by atoms with Gasteiger partial charge in [0.2, 0.25) is 5.91 Å². The molecule has 1 aromatic heterocycles. The summed E-state index contributed by atoms with van der Waals surface area (Å²) in [5.41, 5.74) is 5.05. The Morgan fingerprint density at radius 3 is 2.92 bits per heavy atom. The Hall–Kier alpha value is -0.940. The van der Waals surface area contributed by atoms with Crippen LogP contribution in [0.2, 0.25) is 0 Å². The molecule has 72 valence electrons. The number of aromatic nitrogens is 1. The van der Waals surface area contributed by atoms with Crippen molar-refractivity contribution in [1.29, 1.82) is 0 Å². The van der Waals surface area contributed by atoms with Crippen LogP contribution in [0.1, 0.15) is 9.88 Å². The Morgan fingerprint density at radius 1 is 1.69 bits per heavy atom. The smallest absolute Gasteiger partial charge is 0.224 e. The Balaban J connectivity index is 2.58. The summed E-state index contributed by atoms with van der Waals surface area (Å²) in [5, 5.41) is 0.796. The molecule has 1 rings (SSSR count). The molecular weight excluding hydrogens is 186 g/mol. The zero-order valence-corrected chi connectivity index (χ0v) is 8.60. The van der Waals surface area contributed by atoms with E-state index in [0.29, 0.717) is 0 Å². The summed E-state index contributed by atoms with van der Waals surface area (Å²) >= 11 is 1.54. The van der Waals surface area contributed by atoms with Crippen LogP contribution in [0.15, 0.2) is 6.20 Å². The Bertz CT molecular complexity index is 295. The number of nitrogens with two attached hydrogens (primary N) is 1. The van der Waals surface area contributed by atoms with Crippen molar-refractivity contribution in [3.8, 4) is 0 Å². The standard InChI is InChI=1S/C8H13N3OS/c1-11(2)5-6-4-10-8(13-6)3-7(9)12/h4H,3,5H2,1-2H3,(H2,9,12). The number of hydrogen-bond donors (Lipinski definition) is 1. The third kappa shape index (κ3) is 3.52. The molecule has 0 saturated carbocycles. The highest BCUT2D eigenvalue weighted by molar-refractivity contribution is 7.11. The Labute approximate surface area is 81.4 Å². The van der Waals surface area contributed by atoms with Gasteiger partial charge in [0.25, 0.3) is 0 Å². The van der Waals surface area contributed by atoms with E-state index in [1.165, 1.54) is 11.3 Å². The van der Waals surface area contributed by atoms with Crippen molar-refractivity contribution in [2.75, 3.05) is 14.1 Å². The monoisotopic (exact) mass is 199 g/mol. The summed E-state index contributed by atoms with van der Waals surface area (Å²) in [4.78, 5) is 17.9. The Morgan fingerprint density at radius 2 is 2.38 bits per heavy atom. The van der Waals surface area contributed by atoms with Gasteiger partial charge in [-0.15, -0.1) is 11.3 Å². The molecule has 0 bridgehead atoms. The van der Waals surface area contributed by atoms with Crippen molar-refractivity contribution in [2.24, 2.45) is 5.73 Å². The summed E-state index contributed by atoms with van der Waals surface area (Å²) in [5.74, 6) is -0.328. The number of carbonyl (C=O) groups excluding carboxylic acids is 1. The van der Waals surface area contributed by atoms with E-state index in [1.807, 2.05) is 14.1 Å². The van der Waals surface area contributed by atoms with Crippen LogP contribution in [0.5, 0.6) is 0 Å². The van der Waals surface area contributed by atoms with Crippen LogP contribution in [0.4, 0.5) is 0 Å². The van der Waals surface area contributed by atoms with Gasteiger partial charge in [0, 0.05) is 17.6 Å². The minimum absolute atomic E-state index is 0.248. The molecule has 4 nitrogen and oxygen atoms in total. The van der Waals surface area contributed by atoms with Gasteiger partial charge in [-0.25, -0.2) is 4.98 Å². The minimum atomic E-state index is -0.328. The average Bonchev–Trinajstić information content (AvgIpc) is 2.33. The van der Waals surface area contributed by atoms with Crippen molar-refractivity contribution < 1.29 is 4.79 Å². The van der Waals surface area contributed by atoms with Crippen LogP contribution in [-0.4, -0.2) is 29.9 Å². The molecule has 0 fully saturated rings. The second-order valence-corrected chi connectivity index (χ2v) is 4.30. The minimum Gasteiger partial charge on any atom is -0.369 e. The molecule has 13 heavy (non-hydrogen) atoms. The predicted molar refractivity (Wildman–Crippen MR) is 52.4 cm³/mol. The van der Waals surface area contributed by atoms with Crippen LogP contribution >= 0.6 is 11.3 Å². The van der Waals surface area contributed by atoms with Gasteiger partial charge in [0.15, 0.2) is 0 Å². The number of hydrogen-bond acceptors (Lipinski definition) is 4. The van der Waals surface area contributed by atoms with E-state index < -0.39 is 0 Å². The lowest BCUT2D eigenvalue weighted by atomic mass is 10.4. The summed E-state index contributed by atoms with van der Waals surface area (Å²) in [6, 6.07) is 0. The van der Waals surface area contributed by atoms with Gasteiger partial charge in [0.05, 0.1) is 6.42 Å². The van der Waals surface area contributed by atoms with E-state index >= 15 is 0 Å². The number of primary amides is 1. The number of nitrogens with zero attached hydrogens (tertiary/aromatic N) is 2. The quantitative estimate of drug-likeness (QED) is 0.755. The molecule has 0 aliphatic carbocycles. The molecule has 0 atom stereocenters. The molecular formula is C8H13N3OS. The lowest BCUT2D eigenvalue weighted by Gasteiger charge is -2.05. The third-order valence-electron chi connectivity index (χ3n) is 1.40. The maximum atomic E-state index is 10.6. The first-order chi connectivity index (χ1) is 6.08. The molecule has 1 heterocycles. The van der Waals surface area contributed by atoms with Crippen LogP contribution in [-0.2, 0) is 17.8 Å². The number of rotatable bonds is 4. The molecule has 0 aromatic carbocycles. The van der Waals surface area contributed by atoms with E-state index in [0.717, 1.165) is 16.4 Å². The second kappa shape index (κ2) is 4.34. The van der Waals surface area contributed by atoms with E-state index in [2.05, 4.69) is 9.88 Å². The predicted octanol–water partition coefficient (Wildman–Crippen LogP) is 0.233. The van der Waals surface area contributed by atoms with Gasteiger partial charge >= 0.3 is 0 Å². The highest BCUT2D eigenvalue weighted by Gasteiger charge is 2.05. The van der Waals surface area contributed by atoms with Gasteiger partial charge < -0.3 is 10.6 Å². The van der Waals surface area contributed by atoms with Gasteiger partial charge in [-0.3, -0.25) is 4.79 Å². The molecule has 0 aliphatic rings. The fourth-order valence-corrected chi connectivity index (χ4v) is 2.01. The van der Waals surface area contributed by atoms with Crippen molar-refractivity contribution in [3.05, 3.63) is 16.1 Å². The molecule has 1 amide bonds. The highest BCUT2D eigenvalue weighted by Crippen LogP contribution is 2.14. The maximum absolute atomic E-state index is 10.6. The maximum Gasteiger partial charge on any atom is 0.224 e. The second-order valence-electron chi connectivity index (χ2n) is 3.10. The molecule has 0 unspecified atom stereocenters. The van der Waals surface area contributed by atoms with Crippen molar-refractivity contribution in [1.82, 2.24) is 9.88 Å². The number of amides is 1. The summed E-state index contributed by atoms with van der Waals surface area (Å²) < 4.78 is 0. The SMILES string of the molecule is CN(C)Cc1cnc(CC(N)=O)s1. The molecule has 5 heteroatoms. The first-order valence-electron chi connectivity index (χ1n) is 3.94. The van der Waals surface area contributed by atoms with Gasteiger partial charge in [0.1, 0.15) is 5.01 Å². The fraction of sp³-hybridized carbons (Fsp3) is 0.500. The molecule has 0 spiro atoms. The molecule has 1 aromatic rings. The van der Waals surface area contributed by atoms with Crippen LogP contribution in [0.3, 0.4) is 0 Å². The zero-order chi connectivity index (χ0) is 9.84. The van der Waals surface area contributed by atoms with Crippen molar-refractivity contribution in [3.63, 3.8) is 0 Å². The Kier molecular flexibility index (Phi) is 3.39. The van der Waals surface area contributed by atoms with Crippen molar-refractivity contribution >= 4 is 17.2 Å². The third-order valence-corrected chi connectivity index (χ3v) is 2.38. The fourth-order valence-electron chi connectivity index (χ4n) is 0.964. The van der Waals surface area contributed by atoms with Crippen LogP contribution in [0.25, 0.3) is 0 Å².